The van der Waals surface area contributed by atoms with Gasteiger partial charge in [-0.15, -0.1) is 0 Å². The zero-order valence-electron chi connectivity index (χ0n) is 27.4. The van der Waals surface area contributed by atoms with Crippen molar-refractivity contribution in [2.75, 3.05) is 74.5 Å². The first-order chi connectivity index (χ1) is 21.0. The number of likely N-dealkylation sites (N-methyl/N-ethyl adjacent to an activating group) is 1. The monoisotopic (exact) mass is 606 g/mol. The molecule has 5 rings (SSSR count). The van der Waals surface area contributed by atoms with Gasteiger partial charge in [-0.1, -0.05) is 6.92 Å². The Morgan fingerprint density at radius 2 is 1.73 bits per heavy atom. The minimum atomic E-state index is -0.549. The number of hydrogen-bond acceptors (Lipinski definition) is 10. The minimum Gasteiger partial charge on any atom is -0.444 e. The number of hydrogen-bond donors (Lipinski definition) is 2. The number of aryl methyl sites for hydroxylation is 2. The SMILES string of the molecule is CCc1nc(C=O)c(Nc2ccc(N3CCC(N4CCN(C)CC4)CC3)c(C)c2)nc1N1CC[C@H](NC(=O)OC(C)(C)C)C1. The molecule has 11 heteroatoms. The van der Waals surface area contributed by atoms with Gasteiger partial charge in [0.15, 0.2) is 17.9 Å². The quantitative estimate of drug-likeness (QED) is 0.424. The van der Waals surface area contributed by atoms with Crippen LogP contribution in [-0.2, 0) is 11.2 Å². The lowest BCUT2D eigenvalue weighted by Gasteiger charge is -2.43. The molecule has 1 amide bonds. The number of rotatable bonds is 8. The molecule has 44 heavy (non-hydrogen) atoms. The Balaban J connectivity index is 1.25. The molecule has 0 spiro atoms. The first-order valence-electron chi connectivity index (χ1n) is 16.2. The number of piperidine rings is 1. The first kappa shape index (κ1) is 32.0. The maximum atomic E-state index is 12.3. The van der Waals surface area contributed by atoms with Gasteiger partial charge >= 0.3 is 6.09 Å². The molecule has 0 bridgehead atoms. The van der Waals surface area contributed by atoms with Gasteiger partial charge in [-0.25, -0.2) is 14.8 Å². The topological polar surface area (TPSA) is 106 Å². The van der Waals surface area contributed by atoms with Gasteiger partial charge in [-0.2, -0.15) is 0 Å². The third kappa shape index (κ3) is 7.79. The highest BCUT2D eigenvalue weighted by atomic mass is 16.6. The van der Waals surface area contributed by atoms with E-state index in [1.54, 1.807) is 0 Å². The van der Waals surface area contributed by atoms with Gasteiger partial charge in [0, 0.05) is 69.8 Å². The van der Waals surface area contributed by atoms with Crippen molar-refractivity contribution >= 4 is 35.4 Å². The van der Waals surface area contributed by atoms with E-state index in [0.29, 0.717) is 30.5 Å². The molecule has 3 aliphatic heterocycles. The van der Waals surface area contributed by atoms with Crippen molar-refractivity contribution in [1.82, 2.24) is 25.1 Å². The molecule has 0 saturated carbocycles. The second-order valence-corrected chi connectivity index (χ2v) is 13.5. The summed E-state index contributed by atoms with van der Waals surface area (Å²) < 4.78 is 5.44. The summed E-state index contributed by atoms with van der Waals surface area (Å²) in [6.45, 7) is 17.8. The van der Waals surface area contributed by atoms with Crippen LogP contribution in [0.4, 0.5) is 27.8 Å². The summed E-state index contributed by atoms with van der Waals surface area (Å²) in [5.74, 6) is 1.18. The van der Waals surface area contributed by atoms with E-state index in [0.717, 1.165) is 62.6 Å². The largest absolute Gasteiger partial charge is 0.444 e. The molecular weight excluding hydrogens is 556 g/mol. The van der Waals surface area contributed by atoms with Gasteiger partial charge in [0.25, 0.3) is 0 Å². The van der Waals surface area contributed by atoms with Crippen LogP contribution in [0.1, 0.15) is 68.7 Å². The molecule has 1 aromatic heterocycles. The van der Waals surface area contributed by atoms with Crippen LogP contribution < -0.4 is 20.4 Å². The van der Waals surface area contributed by atoms with Gasteiger partial charge in [0.1, 0.15) is 11.3 Å². The van der Waals surface area contributed by atoms with E-state index in [1.807, 2.05) is 27.7 Å². The molecule has 2 aromatic rings. The Bertz CT molecular complexity index is 1310. The molecule has 0 aliphatic carbocycles. The normalized spacial score (nSPS) is 20.5. The molecule has 1 atom stereocenters. The highest BCUT2D eigenvalue weighted by Crippen LogP contribution is 2.31. The number of amides is 1. The number of aldehydes is 1. The van der Waals surface area contributed by atoms with Crippen molar-refractivity contribution in [1.29, 1.82) is 0 Å². The average molecular weight is 607 g/mol. The lowest BCUT2D eigenvalue weighted by molar-refractivity contribution is 0.0509. The van der Waals surface area contributed by atoms with E-state index in [2.05, 4.69) is 67.4 Å². The molecule has 1 aromatic carbocycles. The summed E-state index contributed by atoms with van der Waals surface area (Å²) in [7, 11) is 2.21. The van der Waals surface area contributed by atoms with E-state index in [4.69, 9.17) is 9.72 Å². The molecule has 4 heterocycles. The Morgan fingerprint density at radius 1 is 1.02 bits per heavy atom. The molecule has 240 valence electrons. The van der Waals surface area contributed by atoms with Crippen LogP contribution in [0.15, 0.2) is 18.2 Å². The lowest BCUT2D eigenvalue weighted by atomic mass is 10.0. The lowest BCUT2D eigenvalue weighted by Crippen LogP contribution is -2.52. The highest BCUT2D eigenvalue weighted by Gasteiger charge is 2.30. The maximum Gasteiger partial charge on any atom is 0.407 e. The van der Waals surface area contributed by atoms with Crippen molar-refractivity contribution in [2.45, 2.75) is 78.0 Å². The first-order valence-corrected chi connectivity index (χ1v) is 16.2. The van der Waals surface area contributed by atoms with Crippen LogP contribution in [0.2, 0.25) is 0 Å². The molecule has 0 unspecified atom stereocenters. The second-order valence-electron chi connectivity index (χ2n) is 13.5. The summed E-state index contributed by atoms with van der Waals surface area (Å²) in [5.41, 5.74) is 3.83. The zero-order valence-corrected chi connectivity index (χ0v) is 27.4. The standard InChI is InChI=1S/C33H50N8O3/c1-7-27-31(41-13-10-25(21-41)35-32(43)44-33(3,4)5)37-30(28(22-42)36-27)34-24-8-9-29(23(2)20-24)40-14-11-26(12-15-40)39-18-16-38(6)17-19-39/h8-9,20,22,25-26H,7,10-19,21H2,1-6H3,(H,34,37)(H,35,43)/t25-/m0/s1. The van der Waals surface area contributed by atoms with E-state index in [-0.39, 0.29) is 6.04 Å². The second kappa shape index (κ2) is 13.7. The van der Waals surface area contributed by atoms with Crippen LogP contribution in [0.5, 0.6) is 0 Å². The Morgan fingerprint density at radius 3 is 2.36 bits per heavy atom. The summed E-state index contributed by atoms with van der Waals surface area (Å²) in [4.78, 5) is 43.7. The number of aromatic nitrogens is 2. The Kier molecular flexibility index (Phi) is 9.94. The van der Waals surface area contributed by atoms with E-state index >= 15 is 0 Å². The van der Waals surface area contributed by atoms with Crippen LogP contribution >= 0.6 is 0 Å². The molecule has 3 fully saturated rings. The highest BCUT2D eigenvalue weighted by molar-refractivity contribution is 5.83. The van der Waals surface area contributed by atoms with Gasteiger partial charge in [0.2, 0.25) is 0 Å². The predicted octanol–water partition coefficient (Wildman–Crippen LogP) is 4.22. The number of benzene rings is 1. The number of nitrogens with one attached hydrogen (secondary N) is 2. The number of carbonyl (C=O) groups is 2. The van der Waals surface area contributed by atoms with Crippen molar-refractivity contribution in [2.24, 2.45) is 0 Å². The molecular formula is C33H50N8O3. The smallest absolute Gasteiger partial charge is 0.407 e. The molecule has 3 aliphatic rings. The summed E-state index contributed by atoms with van der Waals surface area (Å²) in [6.07, 6.45) is 4.15. The van der Waals surface area contributed by atoms with E-state index in [9.17, 15) is 9.59 Å². The maximum absolute atomic E-state index is 12.3. The van der Waals surface area contributed by atoms with Gasteiger partial charge in [-0.05, 0) is 84.2 Å². The zero-order chi connectivity index (χ0) is 31.4. The number of ether oxygens (including phenoxy) is 1. The van der Waals surface area contributed by atoms with Crippen LogP contribution in [0.25, 0.3) is 0 Å². The van der Waals surface area contributed by atoms with Gasteiger partial charge in [-0.3, -0.25) is 9.69 Å². The van der Waals surface area contributed by atoms with Crippen LogP contribution in [-0.4, -0.2) is 109 Å². The minimum absolute atomic E-state index is 0.0552. The van der Waals surface area contributed by atoms with Gasteiger partial charge in [0.05, 0.1) is 11.7 Å². The average Bonchev–Trinajstić information content (AvgIpc) is 3.44. The van der Waals surface area contributed by atoms with Crippen molar-refractivity contribution in [3.05, 3.63) is 35.2 Å². The molecule has 3 saturated heterocycles. The fourth-order valence-corrected chi connectivity index (χ4v) is 6.57. The van der Waals surface area contributed by atoms with Crippen LogP contribution in [0, 0.1) is 6.92 Å². The summed E-state index contributed by atoms with van der Waals surface area (Å²) in [6, 6.07) is 7.00. The predicted molar refractivity (Wildman–Crippen MR) is 176 cm³/mol. The van der Waals surface area contributed by atoms with Crippen molar-refractivity contribution in [3.8, 4) is 0 Å². The fraction of sp³-hybridized carbons (Fsp3) is 0.636. The third-order valence-corrected chi connectivity index (χ3v) is 8.95. The van der Waals surface area contributed by atoms with E-state index in [1.165, 1.54) is 37.2 Å². The fourth-order valence-electron chi connectivity index (χ4n) is 6.57. The number of anilines is 4. The van der Waals surface area contributed by atoms with E-state index < -0.39 is 11.7 Å². The van der Waals surface area contributed by atoms with Crippen molar-refractivity contribution in [3.63, 3.8) is 0 Å². The Labute approximate surface area is 262 Å². The van der Waals surface area contributed by atoms with Crippen molar-refractivity contribution < 1.29 is 14.3 Å². The Hall–Kier alpha value is -3.44. The summed E-state index contributed by atoms with van der Waals surface area (Å²) >= 11 is 0. The molecule has 0 radical (unpaired) electrons. The molecule has 11 nitrogen and oxygen atoms in total. The number of nitrogens with zero attached hydrogens (tertiary/aromatic N) is 6. The van der Waals surface area contributed by atoms with Crippen LogP contribution in [0.3, 0.4) is 0 Å². The third-order valence-electron chi connectivity index (χ3n) is 8.95. The number of carbonyl (C=O) groups excluding carboxylic acids is 2. The summed E-state index contributed by atoms with van der Waals surface area (Å²) in [5, 5.41) is 6.36. The van der Waals surface area contributed by atoms with Gasteiger partial charge < -0.3 is 30.1 Å². The molecule has 2 N–H and O–H groups in total. The number of piperazine rings is 1. The number of alkyl carbamates (subject to hydrolysis) is 1.